The van der Waals surface area contributed by atoms with Crippen molar-refractivity contribution in [2.24, 2.45) is 0 Å². The topological polar surface area (TPSA) is 64.6 Å². The van der Waals surface area contributed by atoms with Crippen molar-refractivity contribution in [1.29, 1.82) is 0 Å². The van der Waals surface area contributed by atoms with E-state index < -0.39 is 5.97 Å². The molecule has 1 amide bonds. The normalized spacial score (nSPS) is 10.5. The zero-order valence-corrected chi connectivity index (χ0v) is 19.4. The van der Waals surface area contributed by atoms with Crippen LogP contribution in [0.5, 0.6) is 5.75 Å². The van der Waals surface area contributed by atoms with Crippen LogP contribution in [0, 0.1) is 6.92 Å². The number of hydrogen-bond donors (Lipinski definition) is 1. The van der Waals surface area contributed by atoms with E-state index in [1.165, 1.54) is 24.0 Å². The quantitative estimate of drug-likeness (QED) is 0.424. The molecule has 5 nitrogen and oxygen atoms in total. The van der Waals surface area contributed by atoms with Gasteiger partial charge in [-0.3, -0.25) is 4.79 Å². The minimum absolute atomic E-state index is 0.167. The number of hydrogen-bond acceptors (Lipinski definition) is 5. The molecule has 0 aliphatic heterocycles. The molecule has 0 spiro atoms. The maximum absolute atomic E-state index is 12.4. The summed E-state index contributed by atoms with van der Waals surface area (Å²) in [4.78, 5) is 24.9. The Balaban J connectivity index is 1.77. The highest BCUT2D eigenvalue weighted by Gasteiger charge is 2.22. The molecule has 156 valence electrons. The van der Waals surface area contributed by atoms with Gasteiger partial charge in [-0.2, -0.15) is 0 Å². The molecule has 1 aromatic heterocycles. The number of ether oxygens (including phenoxy) is 2. The number of methoxy groups -OCH3 is 1. The van der Waals surface area contributed by atoms with Crippen LogP contribution in [0.2, 0.25) is 0 Å². The molecule has 1 N–H and O–H groups in total. The van der Waals surface area contributed by atoms with Crippen LogP contribution in [0.25, 0.3) is 11.1 Å². The fourth-order valence-corrected chi connectivity index (χ4v) is 4.13. The van der Waals surface area contributed by atoms with Gasteiger partial charge in [-0.1, -0.05) is 47.1 Å². The number of carbonyl (C=O) groups is 2. The van der Waals surface area contributed by atoms with Gasteiger partial charge in [0.05, 0.1) is 7.11 Å². The first kappa shape index (κ1) is 22.1. The number of esters is 1. The molecule has 1 heterocycles. The lowest BCUT2D eigenvalue weighted by Crippen LogP contribution is -2.21. The van der Waals surface area contributed by atoms with Crippen molar-refractivity contribution >= 4 is 44.1 Å². The molecule has 3 rings (SSSR count). The minimum Gasteiger partial charge on any atom is -0.484 e. The van der Waals surface area contributed by atoms with Crippen LogP contribution in [-0.4, -0.2) is 25.6 Å². The molecule has 0 aliphatic carbocycles. The monoisotopic (exact) mass is 487 g/mol. The molecule has 0 bridgehead atoms. The van der Waals surface area contributed by atoms with E-state index in [0.29, 0.717) is 16.3 Å². The third kappa shape index (κ3) is 5.09. The first-order valence-electron chi connectivity index (χ1n) is 9.40. The third-order valence-electron chi connectivity index (χ3n) is 4.61. The average molecular weight is 488 g/mol. The Morgan fingerprint density at radius 1 is 1.13 bits per heavy atom. The summed E-state index contributed by atoms with van der Waals surface area (Å²) in [7, 11) is 1.33. The molecule has 0 saturated heterocycles. The van der Waals surface area contributed by atoms with E-state index in [9.17, 15) is 9.59 Å². The van der Waals surface area contributed by atoms with Gasteiger partial charge < -0.3 is 14.8 Å². The number of aryl methyl sites for hydroxylation is 2. The Bertz CT molecular complexity index is 1060. The zero-order chi connectivity index (χ0) is 21.7. The summed E-state index contributed by atoms with van der Waals surface area (Å²) in [6.07, 6.45) is 0.937. The minimum atomic E-state index is -0.495. The predicted molar refractivity (Wildman–Crippen MR) is 123 cm³/mol. The second kappa shape index (κ2) is 9.91. The summed E-state index contributed by atoms with van der Waals surface area (Å²) >= 11 is 4.72. The number of anilines is 1. The summed E-state index contributed by atoms with van der Waals surface area (Å²) in [6, 6.07) is 13.5. The lowest BCUT2D eigenvalue weighted by atomic mass is 10.0. The predicted octanol–water partition coefficient (Wildman–Crippen LogP) is 5.85. The Kier molecular flexibility index (Phi) is 7.29. The van der Waals surface area contributed by atoms with E-state index in [1.807, 2.05) is 48.7 Å². The summed E-state index contributed by atoms with van der Waals surface area (Å²) in [5, 5.41) is 5.07. The molecule has 7 heteroatoms. The number of amides is 1. The Morgan fingerprint density at radius 3 is 2.50 bits per heavy atom. The van der Waals surface area contributed by atoms with Gasteiger partial charge in [-0.15, -0.1) is 11.3 Å². The number of rotatable bonds is 7. The molecule has 0 unspecified atom stereocenters. The van der Waals surface area contributed by atoms with Gasteiger partial charge in [-0.25, -0.2) is 4.79 Å². The van der Waals surface area contributed by atoms with Crippen molar-refractivity contribution in [2.45, 2.75) is 20.3 Å². The van der Waals surface area contributed by atoms with Gasteiger partial charge in [0.2, 0.25) is 0 Å². The highest BCUT2D eigenvalue weighted by molar-refractivity contribution is 9.10. The average Bonchev–Trinajstić information content (AvgIpc) is 3.17. The largest absolute Gasteiger partial charge is 0.484 e. The van der Waals surface area contributed by atoms with Crippen molar-refractivity contribution in [2.75, 3.05) is 19.0 Å². The van der Waals surface area contributed by atoms with Crippen molar-refractivity contribution in [3.8, 4) is 16.9 Å². The van der Waals surface area contributed by atoms with Gasteiger partial charge in [0, 0.05) is 15.4 Å². The number of halogens is 1. The highest BCUT2D eigenvalue weighted by atomic mass is 79.9. The molecule has 2 aromatic carbocycles. The van der Waals surface area contributed by atoms with Crippen LogP contribution in [0.15, 0.2) is 52.3 Å². The molecule has 30 heavy (non-hydrogen) atoms. The summed E-state index contributed by atoms with van der Waals surface area (Å²) in [6.45, 7) is 3.87. The van der Waals surface area contributed by atoms with Crippen molar-refractivity contribution in [3.05, 3.63) is 69.0 Å². The van der Waals surface area contributed by atoms with E-state index >= 15 is 0 Å². The second-order valence-corrected chi connectivity index (χ2v) is 8.38. The molecule has 0 atom stereocenters. The van der Waals surface area contributed by atoms with Gasteiger partial charge in [-0.05, 0) is 48.2 Å². The van der Waals surface area contributed by atoms with E-state index in [-0.39, 0.29) is 12.5 Å². The van der Waals surface area contributed by atoms with Crippen molar-refractivity contribution in [3.63, 3.8) is 0 Å². The lowest BCUT2D eigenvalue weighted by molar-refractivity contribution is -0.118. The number of nitrogens with one attached hydrogen (secondary N) is 1. The van der Waals surface area contributed by atoms with E-state index in [0.717, 1.165) is 27.6 Å². The number of thiophene rings is 1. The van der Waals surface area contributed by atoms with Gasteiger partial charge in [0.25, 0.3) is 5.91 Å². The highest BCUT2D eigenvalue weighted by Crippen LogP contribution is 2.36. The lowest BCUT2D eigenvalue weighted by Gasteiger charge is -2.10. The first-order chi connectivity index (χ1) is 14.4. The summed E-state index contributed by atoms with van der Waals surface area (Å²) in [5.74, 6) is -0.247. The second-order valence-electron chi connectivity index (χ2n) is 6.64. The van der Waals surface area contributed by atoms with Crippen LogP contribution in [0.3, 0.4) is 0 Å². The maximum atomic E-state index is 12.4. The van der Waals surface area contributed by atoms with E-state index in [2.05, 4.69) is 28.2 Å². The summed E-state index contributed by atoms with van der Waals surface area (Å²) < 4.78 is 11.5. The first-order valence-corrected chi connectivity index (χ1v) is 11.1. The molecule has 0 saturated carbocycles. The van der Waals surface area contributed by atoms with Crippen LogP contribution in [0.4, 0.5) is 5.00 Å². The van der Waals surface area contributed by atoms with Gasteiger partial charge in [0.15, 0.2) is 6.61 Å². The van der Waals surface area contributed by atoms with E-state index in [4.69, 9.17) is 9.47 Å². The fraction of sp³-hybridized carbons (Fsp3) is 0.217. The SMILES string of the molecule is CCc1ccc(-c2csc(NC(=O)COc3ccc(Br)c(C)c3)c2C(=O)OC)cc1. The van der Waals surface area contributed by atoms with Crippen LogP contribution in [-0.2, 0) is 16.0 Å². The molecule has 0 radical (unpaired) electrons. The molecule has 0 fully saturated rings. The molecular formula is C23H22BrNO4S. The van der Waals surface area contributed by atoms with Crippen molar-refractivity contribution < 1.29 is 19.1 Å². The molecule has 0 aliphatic rings. The van der Waals surface area contributed by atoms with Gasteiger partial charge in [0.1, 0.15) is 16.3 Å². The summed E-state index contributed by atoms with van der Waals surface area (Å²) in [5.41, 5.74) is 4.19. The van der Waals surface area contributed by atoms with E-state index in [1.54, 1.807) is 6.07 Å². The molecular weight excluding hydrogens is 466 g/mol. The Labute approximate surface area is 188 Å². The Hall–Kier alpha value is -2.64. The van der Waals surface area contributed by atoms with Crippen molar-refractivity contribution in [1.82, 2.24) is 0 Å². The standard InChI is InChI=1S/C23H22BrNO4S/c1-4-15-5-7-16(8-6-15)18-13-30-22(21(18)23(27)28-3)25-20(26)12-29-17-9-10-19(24)14(2)11-17/h5-11,13H,4,12H2,1-3H3,(H,25,26). The number of carbonyl (C=O) groups excluding carboxylic acids is 2. The zero-order valence-electron chi connectivity index (χ0n) is 17.0. The number of benzene rings is 2. The van der Waals surface area contributed by atoms with Crippen LogP contribution < -0.4 is 10.1 Å². The Morgan fingerprint density at radius 2 is 1.87 bits per heavy atom. The smallest absolute Gasteiger partial charge is 0.341 e. The maximum Gasteiger partial charge on any atom is 0.341 e. The van der Waals surface area contributed by atoms with Crippen LogP contribution in [0.1, 0.15) is 28.4 Å². The van der Waals surface area contributed by atoms with Crippen LogP contribution >= 0.6 is 27.3 Å². The third-order valence-corrected chi connectivity index (χ3v) is 6.39. The molecule has 3 aromatic rings. The van der Waals surface area contributed by atoms with Gasteiger partial charge >= 0.3 is 5.97 Å². The fourth-order valence-electron chi connectivity index (χ4n) is 2.91.